The van der Waals surface area contributed by atoms with Crippen molar-refractivity contribution in [2.75, 3.05) is 20.3 Å². The van der Waals surface area contributed by atoms with Crippen LogP contribution in [-0.2, 0) is 4.74 Å². The lowest BCUT2D eigenvalue weighted by molar-refractivity contribution is -0.145. The number of carbonyl (C=O) groups excluding carboxylic acids is 1. The van der Waals surface area contributed by atoms with Crippen LogP contribution < -0.4 is 0 Å². The molecule has 0 aliphatic carbocycles. The molecule has 0 saturated carbocycles. The molecule has 1 amide bonds. The molecule has 0 saturated heterocycles. The quantitative estimate of drug-likeness (QED) is 0.782. The fraction of sp³-hybridized carbons (Fsp3) is 0.500. The normalized spacial score (nSPS) is 13.1. The number of rotatable bonds is 5. The number of alkyl halides is 3. The van der Waals surface area contributed by atoms with Crippen LogP contribution in [0.25, 0.3) is 0 Å². The Balaban J connectivity index is 3.04. The maximum atomic E-state index is 13.5. The first-order valence-electron chi connectivity index (χ1n) is 5.72. The average Bonchev–Trinajstić information content (AvgIpc) is 2.35. The van der Waals surface area contributed by atoms with Gasteiger partial charge in [0.05, 0.1) is 24.4 Å². The van der Waals surface area contributed by atoms with Crippen molar-refractivity contribution in [1.29, 1.82) is 0 Å². The van der Waals surface area contributed by atoms with Gasteiger partial charge in [0, 0.05) is 13.3 Å². The lowest BCUT2D eigenvalue weighted by Gasteiger charge is -2.29. The molecular weight excluding hydrogens is 280 g/mol. The molecule has 0 radical (unpaired) electrons. The van der Waals surface area contributed by atoms with E-state index < -0.39 is 36.1 Å². The highest BCUT2D eigenvalue weighted by Gasteiger charge is 2.36. The zero-order valence-electron chi connectivity index (χ0n) is 10.9. The molecule has 0 spiro atoms. The maximum absolute atomic E-state index is 13.5. The predicted molar refractivity (Wildman–Crippen MR) is 62.6 cm³/mol. The molecule has 8 heteroatoms. The van der Waals surface area contributed by atoms with Gasteiger partial charge in [0.15, 0.2) is 5.82 Å². The zero-order valence-corrected chi connectivity index (χ0v) is 10.9. The number of methoxy groups -OCH3 is 1. The molecule has 0 aliphatic rings. The molecule has 20 heavy (non-hydrogen) atoms. The minimum Gasteiger partial charge on any atom is -0.383 e. The average molecular weight is 294 g/mol. The number of hydrogen-bond donors (Lipinski definition) is 0. The zero-order chi connectivity index (χ0) is 15.3. The number of carbonyl (C=O) groups is 1. The molecule has 0 bridgehead atoms. The molecule has 1 aromatic rings. The van der Waals surface area contributed by atoms with Gasteiger partial charge in [-0.05, 0) is 13.0 Å². The summed E-state index contributed by atoms with van der Waals surface area (Å²) in [6.07, 6.45) is -2.66. The highest BCUT2D eigenvalue weighted by molar-refractivity contribution is 5.94. The van der Waals surface area contributed by atoms with E-state index in [1.54, 1.807) is 0 Å². The number of aromatic nitrogens is 1. The fourth-order valence-electron chi connectivity index (χ4n) is 1.66. The predicted octanol–water partition coefficient (Wildman–Crippen LogP) is 2.26. The van der Waals surface area contributed by atoms with Crippen LogP contribution in [0.5, 0.6) is 0 Å². The van der Waals surface area contributed by atoms with Crippen molar-refractivity contribution >= 4 is 5.91 Å². The smallest absolute Gasteiger partial charge is 0.383 e. The van der Waals surface area contributed by atoms with Crippen molar-refractivity contribution in [2.45, 2.75) is 19.1 Å². The molecule has 1 heterocycles. The molecule has 0 fully saturated rings. The van der Waals surface area contributed by atoms with Gasteiger partial charge in [-0.1, -0.05) is 0 Å². The van der Waals surface area contributed by atoms with Crippen LogP contribution in [0.1, 0.15) is 17.3 Å². The third-order valence-electron chi connectivity index (χ3n) is 2.55. The minimum atomic E-state index is -4.58. The second kappa shape index (κ2) is 6.65. The minimum absolute atomic E-state index is 0.0888. The van der Waals surface area contributed by atoms with Crippen molar-refractivity contribution in [3.8, 4) is 0 Å². The van der Waals surface area contributed by atoms with Gasteiger partial charge in [0.1, 0.15) is 6.54 Å². The summed E-state index contributed by atoms with van der Waals surface area (Å²) in [6, 6.07) is 0.197. The number of hydrogen-bond acceptors (Lipinski definition) is 3. The number of ether oxygens (including phenoxy) is 1. The van der Waals surface area contributed by atoms with Crippen molar-refractivity contribution < 1.29 is 27.1 Å². The highest BCUT2D eigenvalue weighted by Crippen LogP contribution is 2.20. The number of amides is 1. The lowest BCUT2D eigenvalue weighted by Crippen LogP contribution is -2.46. The molecule has 1 aromatic heterocycles. The van der Waals surface area contributed by atoms with Crippen LogP contribution in [0.2, 0.25) is 0 Å². The first-order chi connectivity index (χ1) is 9.26. The van der Waals surface area contributed by atoms with E-state index in [1.807, 2.05) is 0 Å². The third kappa shape index (κ3) is 4.44. The summed E-state index contributed by atoms with van der Waals surface area (Å²) in [7, 11) is 1.31. The number of nitrogens with zero attached hydrogens (tertiary/aromatic N) is 2. The summed E-state index contributed by atoms with van der Waals surface area (Å²) in [6.45, 7) is -0.168. The third-order valence-corrected chi connectivity index (χ3v) is 2.55. The summed E-state index contributed by atoms with van der Waals surface area (Å²) in [5, 5.41) is 0. The molecule has 0 unspecified atom stereocenters. The second-order valence-electron chi connectivity index (χ2n) is 4.21. The Morgan fingerprint density at radius 3 is 2.65 bits per heavy atom. The van der Waals surface area contributed by atoms with Crippen LogP contribution >= 0.6 is 0 Å². The SMILES string of the molecule is COC[C@H](C)N(CC(F)(F)F)C(=O)c1ccncc1F. The largest absolute Gasteiger partial charge is 0.406 e. The molecule has 4 nitrogen and oxygen atoms in total. The first kappa shape index (κ1) is 16.4. The Kier molecular flexibility index (Phi) is 5.43. The van der Waals surface area contributed by atoms with Crippen molar-refractivity contribution in [1.82, 2.24) is 9.88 Å². The van der Waals surface area contributed by atoms with E-state index in [1.165, 1.54) is 14.0 Å². The Bertz CT molecular complexity index is 465. The molecule has 1 atom stereocenters. The van der Waals surface area contributed by atoms with E-state index in [0.717, 1.165) is 18.5 Å². The van der Waals surface area contributed by atoms with E-state index in [9.17, 15) is 22.4 Å². The topological polar surface area (TPSA) is 42.4 Å². The standard InChI is InChI=1S/C12H14F4N2O2/c1-8(6-20-2)18(7-12(14,15)16)11(19)9-3-4-17-5-10(9)13/h3-5,8H,6-7H2,1-2H3/t8-/m0/s1. The Morgan fingerprint density at radius 2 is 2.15 bits per heavy atom. The van der Waals surface area contributed by atoms with E-state index in [4.69, 9.17) is 4.74 Å². The van der Waals surface area contributed by atoms with Gasteiger partial charge in [-0.15, -0.1) is 0 Å². The second-order valence-corrected chi connectivity index (χ2v) is 4.21. The summed E-state index contributed by atoms with van der Waals surface area (Å²) >= 11 is 0. The first-order valence-corrected chi connectivity index (χ1v) is 5.72. The maximum Gasteiger partial charge on any atom is 0.406 e. The van der Waals surface area contributed by atoms with Crippen molar-refractivity contribution in [2.24, 2.45) is 0 Å². The molecule has 0 aromatic carbocycles. The summed E-state index contributed by atoms with van der Waals surface area (Å²) in [5.41, 5.74) is -0.452. The van der Waals surface area contributed by atoms with Gasteiger partial charge >= 0.3 is 6.18 Å². The fourth-order valence-corrected chi connectivity index (χ4v) is 1.66. The van der Waals surface area contributed by atoms with E-state index in [0.29, 0.717) is 4.90 Å². The number of halogens is 4. The highest BCUT2D eigenvalue weighted by atomic mass is 19.4. The van der Waals surface area contributed by atoms with Gasteiger partial charge in [0.25, 0.3) is 5.91 Å². The Labute approximate surface area is 113 Å². The van der Waals surface area contributed by atoms with E-state index in [-0.39, 0.29) is 6.61 Å². The lowest BCUT2D eigenvalue weighted by atomic mass is 10.2. The van der Waals surface area contributed by atoms with Gasteiger partial charge in [-0.25, -0.2) is 4.39 Å². The van der Waals surface area contributed by atoms with Crippen LogP contribution in [0.3, 0.4) is 0 Å². The molecule has 0 N–H and O–H groups in total. The van der Waals surface area contributed by atoms with Crippen molar-refractivity contribution in [3.05, 3.63) is 29.8 Å². The molecule has 1 rings (SSSR count). The van der Waals surface area contributed by atoms with Crippen LogP contribution in [-0.4, -0.2) is 48.3 Å². The van der Waals surface area contributed by atoms with Crippen molar-refractivity contribution in [3.63, 3.8) is 0 Å². The van der Waals surface area contributed by atoms with Gasteiger partial charge < -0.3 is 9.64 Å². The summed E-state index contributed by atoms with van der Waals surface area (Å²) in [4.78, 5) is 16.0. The van der Waals surface area contributed by atoms with Gasteiger partial charge in [-0.3, -0.25) is 9.78 Å². The Morgan fingerprint density at radius 1 is 1.50 bits per heavy atom. The number of pyridine rings is 1. The Hall–Kier alpha value is -1.70. The van der Waals surface area contributed by atoms with Gasteiger partial charge in [0.2, 0.25) is 0 Å². The van der Waals surface area contributed by atoms with E-state index >= 15 is 0 Å². The molecule has 0 aliphatic heterocycles. The van der Waals surface area contributed by atoms with E-state index in [2.05, 4.69) is 4.98 Å². The monoisotopic (exact) mass is 294 g/mol. The molecular formula is C12H14F4N2O2. The summed E-state index contributed by atoms with van der Waals surface area (Å²) < 4.78 is 55.8. The van der Waals surface area contributed by atoms with Crippen LogP contribution in [0.4, 0.5) is 17.6 Å². The van der Waals surface area contributed by atoms with Crippen LogP contribution in [0.15, 0.2) is 18.5 Å². The van der Waals surface area contributed by atoms with Gasteiger partial charge in [-0.2, -0.15) is 13.2 Å². The van der Waals surface area contributed by atoms with Crippen LogP contribution in [0, 0.1) is 5.82 Å². The summed E-state index contributed by atoms with van der Waals surface area (Å²) in [5.74, 6) is -2.01. The molecule has 112 valence electrons.